The number of carbonyl (C=O) groups excluding carboxylic acids is 2. The molecule has 0 saturated carbocycles. The van der Waals surface area contributed by atoms with Crippen LogP contribution in [0.25, 0.3) is 22.3 Å². The van der Waals surface area contributed by atoms with Gasteiger partial charge in [-0.1, -0.05) is 25.7 Å². The average Bonchev–Trinajstić information content (AvgIpc) is 3.22. The van der Waals surface area contributed by atoms with Crippen LogP contribution < -0.4 is 16.1 Å². The molecule has 2 aliphatic heterocycles. The second-order valence-electron chi connectivity index (χ2n) is 11.7. The average molecular weight is 548 g/mol. The standard InChI is InChI=1S/C29H33N3O6Si/c1-8-29(36)20-13-22-23-18(14-32(22)25(33)19(20)15-37-26(29)34)24(39(6,7)9-2)17-12-16(10-11-21(17)31-23)30-27(35)38-28(3,4)5/h9-13,36H,2,8,14-15H2,1,3-7H3,(H,30,35)/t29-/m0/s1. The molecule has 0 spiro atoms. The van der Waals surface area contributed by atoms with E-state index >= 15 is 0 Å². The molecule has 10 heteroatoms. The number of benzene rings is 1. The topological polar surface area (TPSA) is 120 Å². The zero-order chi connectivity index (χ0) is 28.5. The van der Waals surface area contributed by atoms with Gasteiger partial charge in [-0.3, -0.25) is 10.1 Å². The van der Waals surface area contributed by atoms with Gasteiger partial charge in [0.1, 0.15) is 20.3 Å². The summed E-state index contributed by atoms with van der Waals surface area (Å²) < 4.78 is 12.3. The minimum absolute atomic E-state index is 0.0782. The predicted octanol–water partition coefficient (Wildman–Crippen LogP) is 4.07. The SMILES string of the molecule is C=C[Si](C)(C)c1c2c(nc3ccc(NC(=O)OC(C)(C)C)cc13)-c1cc3c(c(=O)n1C2)COC(=O)[C@]3(O)CC. The van der Waals surface area contributed by atoms with Crippen molar-refractivity contribution in [1.82, 2.24) is 9.55 Å². The van der Waals surface area contributed by atoms with E-state index in [9.17, 15) is 19.5 Å². The molecule has 1 aromatic carbocycles. The van der Waals surface area contributed by atoms with Crippen molar-refractivity contribution >= 4 is 41.9 Å². The van der Waals surface area contributed by atoms with Crippen molar-refractivity contribution in [2.75, 3.05) is 5.32 Å². The Morgan fingerprint density at radius 1 is 1.28 bits per heavy atom. The van der Waals surface area contributed by atoms with E-state index in [0.29, 0.717) is 29.1 Å². The van der Waals surface area contributed by atoms with E-state index in [1.807, 2.05) is 17.8 Å². The number of hydrogen-bond acceptors (Lipinski definition) is 7. The zero-order valence-electron chi connectivity index (χ0n) is 23.1. The summed E-state index contributed by atoms with van der Waals surface area (Å²) in [4.78, 5) is 43.6. The van der Waals surface area contributed by atoms with Crippen LogP contribution in [0, 0.1) is 0 Å². The number of cyclic esters (lactones) is 1. The van der Waals surface area contributed by atoms with Crippen molar-refractivity contribution in [2.24, 2.45) is 0 Å². The first-order valence-corrected chi connectivity index (χ1v) is 16.1. The molecule has 0 unspecified atom stereocenters. The van der Waals surface area contributed by atoms with Crippen LogP contribution in [0.2, 0.25) is 13.1 Å². The molecule has 0 bridgehead atoms. The van der Waals surface area contributed by atoms with Crippen LogP contribution in [0.4, 0.5) is 10.5 Å². The quantitative estimate of drug-likeness (QED) is 0.292. The Kier molecular flexibility index (Phi) is 6.11. The summed E-state index contributed by atoms with van der Waals surface area (Å²) in [5.74, 6) is -0.752. The maximum atomic E-state index is 13.7. The minimum Gasteiger partial charge on any atom is -0.458 e. The molecule has 2 aliphatic rings. The number of hydrogen-bond donors (Lipinski definition) is 2. The highest BCUT2D eigenvalue weighted by Gasteiger charge is 2.45. The van der Waals surface area contributed by atoms with Gasteiger partial charge in [-0.2, -0.15) is 0 Å². The molecule has 2 aromatic heterocycles. The van der Waals surface area contributed by atoms with E-state index in [4.69, 9.17) is 14.5 Å². The Balaban J connectivity index is 1.73. The summed E-state index contributed by atoms with van der Waals surface area (Å²) in [7, 11) is -2.27. The molecule has 0 fully saturated rings. The van der Waals surface area contributed by atoms with Crippen molar-refractivity contribution in [3.05, 3.63) is 63.6 Å². The second-order valence-corrected chi connectivity index (χ2v) is 16.1. The zero-order valence-corrected chi connectivity index (χ0v) is 24.1. The van der Waals surface area contributed by atoms with Crippen molar-refractivity contribution in [1.29, 1.82) is 0 Å². The molecule has 1 amide bonds. The van der Waals surface area contributed by atoms with Crippen LogP contribution in [0.15, 0.2) is 41.3 Å². The van der Waals surface area contributed by atoms with Crippen LogP contribution in [0.5, 0.6) is 0 Å². The van der Waals surface area contributed by atoms with Gasteiger partial charge in [-0.15, -0.1) is 6.58 Å². The number of esters is 1. The van der Waals surface area contributed by atoms with Gasteiger partial charge in [0, 0.05) is 22.2 Å². The molecule has 1 atom stereocenters. The van der Waals surface area contributed by atoms with E-state index in [1.165, 1.54) is 0 Å². The second kappa shape index (κ2) is 8.89. The van der Waals surface area contributed by atoms with Crippen LogP contribution in [-0.2, 0) is 33.0 Å². The Hall–Kier alpha value is -3.76. The van der Waals surface area contributed by atoms with Gasteiger partial charge in [0.2, 0.25) is 0 Å². The number of aromatic nitrogens is 2. The number of nitrogens with one attached hydrogen (secondary N) is 1. The number of anilines is 1. The minimum atomic E-state index is -2.27. The monoisotopic (exact) mass is 547 g/mol. The van der Waals surface area contributed by atoms with Crippen LogP contribution in [0.1, 0.15) is 50.8 Å². The maximum Gasteiger partial charge on any atom is 0.412 e. The highest BCUT2D eigenvalue weighted by molar-refractivity contribution is 6.95. The summed E-state index contributed by atoms with van der Waals surface area (Å²) in [6, 6.07) is 7.20. The Labute approximate surface area is 227 Å². The smallest absolute Gasteiger partial charge is 0.412 e. The molecule has 9 nitrogen and oxygen atoms in total. The molecule has 0 radical (unpaired) electrons. The number of amides is 1. The van der Waals surface area contributed by atoms with E-state index in [0.717, 1.165) is 16.1 Å². The largest absolute Gasteiger partial charge is 0.458 e. The number of ether oxygens (including phenoxy) is 2. The van der Waals surface area contributed by atoms with E-state index in [-0.39, 0.29) is 29.7 Å². The van der Waals surface area contributed by atoms with Crippen LogP contribution in [-0.4, -0.2) is 40.4 Å². The molecule has 0 saturated heterocycles. The molecule has 4 heterocycles. The predicted molar refractivity (Wildman–Crippen MR) is 152 cm³/mol. The van der Waals surface area contributed by atoms with Gasteiger partial charge in [0.25, 0.3) is 5.56 Å². The van der Waals surface area contributed by atoms with Gasteiger partial charge in [0.15, 0.2) is 5.60 Å². The van der Waals surface area contributed by atoms with Crippen LogP contribution in [0.3, 0.4) is 0 Å². The van der Waals surface area contributed by atoms with Crippen LogP contribution >= 0.6 is 0 Å². The highest BCUT2D eigenvalue weighted by atomic mass is 28.3. The van der Waals surface area contributed by atoms with Gasteiger partial charge in [-0.25, -0.2) is 14.6 Å². The third kappa shape index (κ3) is 4.27. The third-order valence-electron chi connectivity index (χ3n) is 7.49. The van der Waals surface area contributed by atoms with Crippen molar-refractivity contribution < 1.29 is 24.2 Å². The summed E-state index contributed by atoms with van der Waals surface area (Å²) in [5.41, 5.74) is 3.09. The lowest BCUT2D eigenvalue weighted by Gasteiger charge is -2.31. The molecule has 2 N–H and O–H groups in total. The third-order valence-corrected chi connectivity index (χ3v) is 10.4. The summed E-state index contributed by atoms with van der Waals surface area (Å²) in [6.07, 6.45) is -0.475. The Morgan fingerprint density at radius 3 is 2.64 bits per heavy atom. The van der Waals surface area contributed by atoms with Gasteiger partial charge < -0.3 is 19.1 Å². The Morgan fingerprint density at radius 2 is 2.00 bits per heavy atom. The molecular formula is C29H33N3O6Si. The number of fused-ring (bicyclic) bond motifs is 5. The fraction of sp³-hybridized carbons (Fsp3) is 0.379. The number of rotatable bonds is 4. The lowest BCUT2D eigenvalue weighted by atomic mass is 9.86. The number of aliphatic hydroxyl groups is 1. The fourth-order valence-electron chi connectivity index (χ4n) is 5.42. The highest BCUT2D eigenvalue weighted by Crippen LogP contribution is 2.39. The number of nitrogens with zero attached hydrogens (tertiary/aromatic N) is 2. The fourth-order valence-corrected chi connectivity index (χ4v) is 7.49. The first-order chi connectivity index (χ1) is 18.2. The molecule has 204 valence electrons. The summed E-state index contributed by atoms with van der Waals surface area (Å²) in [5, 5.41) is 15.9. The number of pyridine rings is 2. The lowest BCUT2D eigenvalue weighted by Crippen LogP contribution is -2.44. The van der Waals surface area contributed by atoms with Gasteiger partial charge in [-0.05, 0) is 56.6 Å². The van der Waals surface area contributed by atoms with E-state index in [1.54, 1.807) is 44.4 Å². The molecule has 5 rings (SSSR count). The van der Waals surface area contributed by atoms with E-state index < -0.39 is 31.3 Å². The summed E-state index contributed by atoms with van der Waals surface area (Å²) >= 11 is 0. The normalized spacial score (nSPS) is 18.2. The van der Waals surface area contributed by atoms with Gasteiger partial charge >= 0.3 is 12.1 Å². The van der Waals surface area contributed by atoms with Crippen molar-refractivity contribution in [3.8, 4) is 11.4 Å². The molecule has 0 aliphatic carbocycles. The first kappa shape index (κ1) is 26.8. The molecule has 39 heavy (non-hydrogen) atoms. The van der Waals surface area contributed by atoms with Crippen molar-refractivity contribution in [3.63, 3.8) is 0 Å². The lowest BCUT2D eigenvalue weighted by molar-refractivity contribution is -0.172. The van der Waals surface area contributed by atoms with Gasteiger partial charge in [0.05, 0.1) is 29.0 Å². The molecular weight excluding hydrogens is 514 g/mol. The Bertz CT molecular complexity index is 1630. The maximum absolute atomic E-state index is 13.7. The molecule has 3 aromatic rings. The number of carbonyl (C=O) groups is 2. The van der Waals surface area contributed by atoms with Crippen molar-refractivity contribution in [2.45, 2.75) is 71.6 Å². The first-order valence-electron chi connectivity index (χ1n) is 13.0. The summed E-state index contributed by atoms with van der Waals surface area (Å²) in [6.45, 7) is 15.7. The van der Waals surface area contributed by atoms with E-state index in [2.05, 4.69) is 25.0 Å².